The first kappa shape index (κ1) is 15.8. The molecule has 1 amide bonds. The number of nitrogens with one attached hydrogen (secondary N) is 1. The molecule has 1 fully saturated rings. The van der Waals surface area contributed by atoms with Crippen LogP contribution in [-0.4, -0.2) is 30.5 Å². The maximum Gasteiger partial charge on any atom is 0.241 e. The summed E-state index contributed by atoms with van der Waals surface area (Å²) in [7, 11) is 1.66. The summed E-state index contributed by atoms with van der Waals surface area (Å²) in [6.07, 6.45) is 4.04. The van der Waals surface area contributed by atoms with Gasteiger partial charge in [-0.05, 0) is 30.5 Å². The van der Waals surface area contributed by atoms with E-state index >= 15 is 0 Å². The number of amides is 1. The van der Waals surface area contributed by atoms with Gasteiger partial charge in [-0.3, -0.25) is 10.1 Å². The van der Waals surface area contributed by atoms with Crippen LogP contribution < -0.4 is 10.1 Å². The highest BCUT2D eigenvalue weighted by molar-refractivity contribution is 5.84. The van der Waals surface area contributed by atoms with E-state index in [0.717, 1.165) is 43.5 Å². The van der Waals surface area contributed by atoms with Crippen LogP contribution in [0.5, 0.6) is 5.75 Å². The molecule has 2 rings (SSSR count). The van der Waals surface area contributed by atoms with E-state index in [0.29, 0.717) is 0 Å². The predicted octanol–water partition coefficient (Wildman–Crippen LogP) is 3.09. The molecule has 0 spiro atoms. The first-order chi connectivity index (χ1) is 10.2. The predicted molar refractivity (Wildman–Crippen MR) is 84.2 cm³/mol. The highest BCUT2D eigenvalue weighted by Crippen LogP contribution is 2.28. The molecule has 1 N–H and O–H groups in total. The Hall–Kier alpha value is -1.55. The van der Waals surface area contributed by atoms with Crippen molar-refractivity contribution in [2.45, 2.75) is 51.7 Å². The van der Waals surface area contributed by atoms with E-state index in [-0.39, 0.29) is 18.1 Å². The SMILES string of the molecule is CCCCN1C(=O)C(CCC)NC1c1ccc(OC)cc1. The molecule has 2 unspecified atom stereocenters. The second-order valence-corrected chi connectivity index (χ2v) is 5.57. The van der Waals surface area contributed by atoms with Gasteiger partial charge < -0.3 is 9.64 Å². The summed E-state index contributed by atoms with van der Waals surface area (Å²) in [5, 5.41) is 3.49. The third kappa shape index (κ3) is 3.56. The number of nitrogens with zero attached hydrogens (tertiary/aromatic N) is 1. The van der Waals surface area contributed by atoms with Gasteiger partial charge >= 0.3 is 0 Å². The van der Waals surface area contributed by atoms with Gasteiger partial charge in [-0.15, -0.1) is 0 Å². The van der Waals surface area contributed by atoms with Crippen LogP contribution in [0, 0.1) is 0 Å². The lowest BCUT2D eigenvalue weighted by Crippen LogP contribution is -2.32. The molecule has 21 heavy (non-hydrogen) atoms. The summed E-state index contributed by atoms with van der Waals surface area (Å²) < 4.78 is 5.20. The van der Waals surface area contributed by atoms with Gasteiger partial charge in [-0.1, -0.05) is 38.8 Å². The molecule has 4 nitrogen and oxygen atoms in total. The average Bonchev–Trinajstić information content (AvgIpc) is 2.82. The van der Waals surface area contributed by atoms with E-state index in [1.165, 1.54) is 0 Å². The fraction of sp³-hybridized carbons (Fsp3) is 0.588. The quantitative estimate of drug-likeness (QED) is 0.839. The Bertz CT molecular complexity index is 458. The molecule has 1 aliphatic heterocycles. The van der Waals surface area contributed by atoms with Crippen LogP contribution in [0.1, 0.15) is 51.3 Å². The minimum atomic E-state index is -0.0426. The van der Waals surface area contributed by atoms with Crippen molar-refractivity contribution in [2.75, 3.05) is 13.7 Å². The second-order valence-electron chi connectivity index (χ2n) is 5.57. The molecule has 1 aromatic carbocycles. The van der Waals surface area contributed by atoms with Crippen LogP contribution in [0.2, 0.25) is 0 Å². The van der Waals surface area contributed by atoms with Gasteiger partial charge in [0.25, 0.3) is 0 Å². The number of methoxy groups -OCH3 is 1. The summed E-state index contributed by atoms with van der Waals surface area (Å²) in [6, 6.07) is 7.94. The minimum absolute atomic E-state index is 0.00786. The molecule has 1 aliphatic rings. The second kappa shape index (κ2) is 7.46. The Balaban J connectivity index is 2.18. The van der Waals surface area contributed by atoms with Crippen molar-refractivity contribution < 1.29 is 9.53 Å². The molecule has 0 saturated carbocycles. The van der Waals surface area contributed by atoms with Crippen LogP contribution in [0.4, 0.5) is 0 Å². The van der Waals surface area contributed by atoms with Gasteiger partial charge in [0, 0.05) is 6.54 Å². The molecule has 1 heterocycles. The van der Waals surface area contributed by atoms with Gasteiger partial charge in [-0.25, -0.2) is 0 Å². The molecule has 0 aliphatic carbocycles. The van der Waals surface area contributed by atoms with Crippen molar-refractivity contribution in [1.29, 1.82) is 0 Å². The zero-order chi connectivity index (χ0) is 15.2. The highest BCUT2D eigenvalue weighted by Gasteiger charge is 2.38. The molecule has 0 bridgehead atoms. The van der Waals surface area contributed by atoms with Crippen LogP contribution in [-0.2, 0) is 4.79 Å². The zero-order valence-electron chi connectivity index (χ0n) is 13.3. The van der Waals surface area contributed by atoms with E-state index < -0.39 is 0 Å². The molecule has 116 valence electrons. The largest absolute Gasteiger partial charge is 0.497 e. The van der Waals surface area contributed by atoms with Crippen LogP contribution in [0.15, 0.2) is 24.3 Å². The number of rotatable bonds is 7. The van der Waals surface area contributed by atoms with Gasteiger partial charge in [0.1, 0.15) is 11.9 Å². The monoisotopic (exact) mass is 290 g/mol. The first-order valence-corrected chi connectivity index (χ1v) is 7.91. The summed E-state index contributed by atoms with van der Waals surface area (Å²) in [5.74, 6) is 1.08. The van der Waals surface area contributed by atoms with E-state index in [1.807, 2.05) is 29.2 Å². The Morgan fingerprint density at radius 1 is 1.19 bits per heavy atom. The lowest BCUT2D eigenvalue weighted by Gasteiger charge is -2.24. The topological polar surface area (TPSA) is 41.6 Å². The number of benzene rings is 1. The summed E-state index contributed by atoms with van der Waals surface area (Å²) in [6.45, 7) is 5.09. The zero-order valence-corrected chi connectivity index (χ0v) is 13.3. The first-order valence-electron chi connectivity index (χ1n) is 7.91. The summed E-state index contributed by atoms with van der Waals surface area (Å²) in [4.78, 5) is 14.5. The van der Waals surface area contributed by atoms with E-state index in [2.05, 4.69) is 19.2 Å². The van der Waals surface area contributed by atoms with Gasteiger partial charge in [0.05, 0.1) is 13.2 Å². The highest BCUT2D eigenvalue weighted by atomic mass is 16.5. The number of hydrogen-bond donors (Lipinski definition) is 1. The van der Waals surface area contributed by atoms with Crippen LogP contribution >= 0.6 is 0 Å². The van der Waals surface area contributed by atoms with Crippen molar-refractivity contribution >= 4 is 5.91 Å². The number of hydrogen-bond acceptors (Lipinski definition) is 3. The van der Waals surface area contributed by atoms with E-state index in [9.17, 15) is 4.79 Å². The fourth-order valence-electron chi connectivity index (χ4n) is 2.80. The lowest BCUT2D eigenvalue weighted by atomic mass is 10.1. The minimum Gasteiger partial charge on any atom is -0.497 e. The molecule has 4 heteroatoms. The van der Waals surface area contributed by atoms with Crippen molar-refractivity contribution in [2.24, 2.45) is 0 Å². The molecular weight excluding hydrogens is 264 g/mol. The average molecular weight is 290 g/mol. The van der Waals surface area contributed by atoms with Crippen LogP contribution in [0.3, 0.4) is 0 Å². The number of ether oxygens (including phenoxy) is 1. The molecular formula is C17H26N2O2. The molecule has 2 atom stereocenters. The lowest BCUT2D eigenvalue weighted by molar-refractivity contribution is -0.130. The third-order valence-electron chi connectivity index (χ3n) is 4.01. The molecule has 1 saturated heterocycles. The van der Waals surface area contributed by atoms with Gasteiger partial charge in [0.15, 0.2) is 0 Å². The number of unbranched alkanes of at least 4 members (excludes halogenated alkanes) is 1. The van der Waals surface area contributed by atoms with Crippen molar-refractivity contribution in [1.82, 2.24) is 10.2 Å². The number of carbonyl (C=O) groups is 1. The van der Waals surface area contributed by atoms with Crippen LogP contribution in [0.25, 0.3) is 0 Å². The smallest absolute Gasteiger partial charge is 0.241 e. The standard InChI is InChI=1S/C17H26N2O2/c1-4-6-12-19-16(18-15(7-5-2)17(19)20)13-8-10-14(21-3)11-9-13/h8-11,15-16,18H,4-7,12H2,1-3H3. The molecule has 0 radical (unpaired) electrons. The van der Waals surface area contributed by atoms with Gasteiger partial charge in [-0.2, -0.15) is 0 Å². The normalized spacial score (nSPS) is 21.9. The summed E-state index contributed by atoms with van der Waals surface area (Å²) >= 11 is 0. The van der Waals surface area contributed by atoms with E-state index in [1.54, 1.807) is 7.11 Å². The Morgan fingerprint density at radius 2 is 1.90 bits per heavy atom. The van der Waals surface area contributed by atoms with Crippen molar-refractivity contribution in [3.63, 3.8) is 0 Å². The maximum atomic E-state index is 12.5. The van der Waals surface area contributed by atoms with Crippen molar-refractivity contribution in [3.05, 3.63) is 29.8 Å². The number of carbonyl (C=O) groups excluding carboxylic acids is 1. The van der Waals surface area contributed by atoms with Gasteiger partial charge in [0.2, 0.25) is 5.91 Å². The summed E-state index contributed by atoms with van der Waals surface area (Å²) in [5.41, 5.74) is 1.12. The molecule has 0 aromatic heterocycles. The third-order valence-corrected chi connectivity index (χ3v) is 4.01. The maximum absolute atomic E-state index is 12.5. The van der Waals surface area contributed by atoms with Crippen molar-refractivity contribution in [3.8, 4) is 5.75 Å². The molecule has 1 aromatic rings. The fourth-order valence-corrected chi connectivity index (χ4v) is 2.80. The Morgan fingerprint density at radius 3 is 2.48 bits per heavy atom. The van der Waals surface area contributed by atoms with E-state index in [4.69, 9.17) is 4.74 Å². The Labute approximate surface area is 127 Å². The Kier molecular flexibility index (Phi) is 5.62.